The van der Waals surface area contributed by atoms with Crippen LogP contribution in [0.5, 0.6) is 11.5 Å². The molecule has 0 spiro atoms. The molecule has 0 amide bonds. The van der Waals surface area contributed by atoms with Crippen molar-refractivity contribution in [3.05, 3.63) is 60.1 Å². The van der Waals surface area contributed by atoms with Crippen molar-refractivity contribution in [1.29, 1.82) is 0 Å². The van der Waals surface area contributed by atoms with Crippen LogP contribution in [0.1, 0.15) is 0 Å². The quantitative estimate of drug-likeness (QED) is 0.460. The summed E-state index contributed by atoms with van der Waals surface area (Å²) in [6.45, 7) is 0. The molecule has 0 aliphatic carbocycles. The van der Waals surface area contributed by atoms with Crippen LogP contribution in [0.25, 0.3) is 11.1 Å². The molecule has 0 saturated carbocycles. The molecule has 0 atom stereocenters. The summed E-state index contributed by atoms with van der Waals surface area (Å²) in [5, 5.41) is 0.240. The first-order valence-corrected chi connectivity index (χ1v) is 7.56. The van der Waals surface area contributed by atoms with Gasteiger partial charge in [0.1, 0.15) is 11.5 Å². The summed E-state index contributed by atoms with van der Waals surface area (Å²) < 4.78 is 6.08. The first kappa shape index (κ1) is 12.7. The molecular weight excluding hydrogens is 304 g/mol. The maximum absolute atomic E-state index is 6.08. The van der Waals surface area contributed by atoms with Gasteiger partial charge in [0.2, 0.25) is 5.28 Å². The van der Waals surface area contributed by atoms with Crippen LogP contribution < -0.4 is 4.74 Å². The fourth-order valence-corrected chi connectivity index (χ4v) is 3.31. The fraction of sp³-hybridized carbons (Fsp3) is 0. The topological polar surface area (TPSA) is 35.0 Å². The van der Waals surface area contributed by atoms with Gasteiger partial charge in [-0.3, -0.25) is 0 Å². The third-order valence-electron chi connectivity index (χ3n) is 3.19. The lowest BCUT2D eigenvalue weighted by atomic mass is 10.1. The van der Waals surface area contributed by atoms with E-state index in [1.54, 1.807) is 24.2 Å². The Bertz CT molecular complexity index is 821. The minimum Gasteiger partial charge on any atom is -0.454 e. The van der Waals surface area contributed by atoms with Crippen LogP contribution in [0.4, 0.5) is 0 Å². The van der Waals surface area contributed by atoms with Gasteiger partial charge in [0, 0.05) is 23.5 Å². The minimum atomic E-state index is 0.240. The predicted octanol–water partition coefficient (Wildman–Crippen LogP) is 5.05. The number of aromatic nitrogens is 2. The van der Waals surface area contributed by atoms with Crippen molar-refractivity contribution in [2.24, 2.45) is 0 Å². The maximum Gasteiger partial charge on any atom is 0.222 e. The highest BCUT2D eigenvalue weighted by Gasteiger charge is 2.21. The first-order chi connectivity index (χ1) is 10.3. The van der Waals surface area contributed by atoms with E-state index in [1.807, 2.05) is 30.3 Å². The zero-order valence-corrected chi connectivity index (χ0v) is 12.4. The van der Waals surface area contributed by atoms with Gasteiger partial charge in [-0.2, -0.15) is 0 Å². The van der Waals surface area contributed by atoms with Crippen LogP contribution in [-0.4, -0.2) is 9.97 Å². The number of rotatable bonds is 1. The normalized spacial score (nSPS) is 12.2. The second-order valence-corrected chi connectivity index (χ2v) is 5.95. The molecule has 3 nitrogen and oxygen atoms in total. The Labute approximate surface area is 131 Å². The molecule has 0 fully saturated rings. The second-order valence-electron chi connectivity index (χ2n) is 4.52. The Morgan fingerprint density at radius 1 is 0.905 bits per heavy atom. The highest BCUT2D eigenvalue weighted by Crippen LogP contribution is 2.50. The van der Waals surface area contributed by atoms with Crippen molar-refractivity contribution in [1.82, 2.24) is 9.97 Å². The summed E-state index contributed by atoms with van der Waals surface area (Å²) in [7, 11) is 0. The van der Waals surface area contributed by atoms with Crippen molar-refractivity contribution in [3.63, 3.8) is 0 Å². The SMILES string of the molecule is Clc1ncc(-c2cccc3c2Oc2ccccc2S3)cn1. The van der Waals surface area contributed by atoms with Gasteiger partial charge in [-0.1, -0.05) is 36.0 Å². The van der Waals surface area contributed by atoms with Crippen molar-refractivity contribution >= 4 is 23.4 Å². The maximum atomic E-state index is 6.08. The molecular formula is C16H9ClN2OS. The van der Waals surface area contributed by atoms with Crippen LogP contribution in [-0.2, 0) is 0 Å². The summed E-state index contributed by atoms with van der Waals surface area (Å²) in [6.07, 6.45) is 3.42. The van der Waals surface area contributed by atoms with Crippen LogP contribution in [0.3, 0.4) is 0 Å². The zero-order valence-electron chi connectivity index (χ0n) is 10.8. The molecule has 4 rings (SSSR count). The number of hydrogen-bond donors (Lipinski definition) is 0. The lowest BCUT2D eigenvalue weighted by molar-refractivity contribution is 0.456. The molecule has 0 saturated heterocycles. The number of ether oxygens (including phenoxy) is 1. The number of para-hydroxylation sites is 2. The largest absolute Gasteiger partial charge is 0.454 e. The Morgan fingerprint density at radius 2 is 1.67 bits per heavy atom. The summed E-state index contributed by atoms with van der Waals surface area (Å²) in [5.41, 5.74) is 1.85. The van der Waals surface area contributed by atoms with E-state index in [0.29, 0.717) is 0 Å². The molecule has 3 aromatic rings. The molecule has 1 aliphatic rings. The molecule has 5 heteroatoms. The Balaban J connectivity index is 1.84. The minimum absolute atomic E-state index is 0.240. The molecule has 2 aromatic carbocycles. The van der Waals surface area contributed by atoms with Crippen molar-refractivity contribution in [3.8, 4) is 22.6 Å². The van der Waals surface area contributed by atoms with E-state index >= 15 is 0 Å². The highest BCUT2D eigenvalue weighted by molar-refractivity contribution is 7.99. The van der Waals surface area contributed by atoms with E-state index in [2.05, 4.69) is 22.1 Å². The lowest BCUT2D eigenvalue weighted by Gasteiger charge is -2.21. The highest BCUT2D eigenvalue weighted by atomic mass is 35.5. The molecule has 0 N–H and O–H groups in total. The van der Waals surface area contributed by atoms with Crippen LogP contribution in [0.2, 0.25) is 5.28 Å². The Morgan fingerprint density at radius 3 is 2.52 bits per heavy atom. The van der Waals surface area contributed by atoms with E-state index in [9.17, 15) is 0 Å². The van der Waals surface area contributed by atoms with E-state index in [1.165, 1.54) is 0 Å². The summed E-state index contributed by atoms with van der Waals surface area (Å²) >= 11 is 7.45. The Kier molecular flexibility index (Phi) is 3.05. The van der Waals surface area contributed by atoms with Crippen molar-refractivity contribution in [2.45, 2.75) is 9.79 Å². The van der Waals surface area contributed by atoms with Crippen LogP contribution in [0.15, 0.2) is 64.6 Å². The molecule has 1 aliphatic heterocycles. The first-order valence-electron chi connectivity index (χ1n) is 6.37. The van der Waals surface area contributed by atoms with Crippen molar-refractivity contribution < 1.29 is 4.74 Å². The van der Waals surface area contributed by atoms with Crippen molar-refractivity contribution in [2.75, 3.05) is 0 Å². The van der Waals surface area contributed by atoms with Crippen LogP contribution in [0, 0.1) is 0 Å². The Hall–Kier alpha value is -2.04. The smallest absolute Gasteiger partial charge is 0.222 e. The number of halogens is 1. The van der Waals surface area contributed by atoms with E-state index < -0.39 is 0 Å². The van der Waals surface area contributed by atoms with Gasteiger partial charge < -0.3 is 4.74 Å². The number of benzene rings is 2. The third kappa shape index (κ3) is 2.26. The zero-order chi connectivity index (χ0) is 14.2. The predicted molar refractivity (Wildman–Crippen MR) is 83.1 cm³/mol. The summed E-state index contributed by atoms with van der Waals surface area (Å²) in [4.78, 5) is 10.3. The van der Waals surface area contributed by atoms with Gasteiger partial charge in [0.25, 0.3) is 0 Å². The fourth-order valence-electron chi connectivity index (χ4n) is 2.23. The van der Waals surface area contributed by atoms with Gasteiger partial charge in [0.15, 0.2) is 0 Å². The molecule has 2 heterocycles. The lowest BCUT2D eigenvalue weighted by Crippen LogP contribution is -1.97. The standard InChI is InChI=1S/C16H9ClN2OS/c17-16-18-8-10(9-19-16)11-4-3-7-14-15(11)20-12-5-1-2-6-13(12)21-14/h1-9H. The van der Waals surface area contributed by atoms with Gasteiger partial charge in [0.05, 0.1) is 9.79 Å². The molecule has 0 unspecified atom stereocenters. The third-order valence-corrected chi connectivity index (χ3v) is 4.49. The molecule has 0 radical (unpaired) electrons. The average molecular weight is 313 g/mol. The second kappa shape index (κ2) is 5.06. The average Bonchev–Trinajstić information content (AvgIpc) is 2.53. The van der Waals surface area contributed by atoms with Gasteiger partial charge in [-0.15, -0.1) is 0 Å². The van der Waals surface area contributed by atoms with E-state index in [-0.39, 0.29) is 5.28 Å². The van der Waals surface area contributed by atoms with Gasteiger partial charge >= 0.3 is 0 Å². The molecule has 21 heavy (non-hydrogen) atoms. The monoisotopic (exact) mass is 312 g/mol. The van der Waals surface area contributed by atoms with E-state index in [0.717, 1.165) is 32.4 Å². The molecule has 102 valence electrons. The summed E-state index contributed by atoms with van der Waals surface area (Å²) in [5.74, 6) is 1.71. The van der Waals surface area contributed by atoms with Gasteiger partial charge in [-0.25, -0.2) is 9.97 Å². The van der Waals surface area contributed by atoms with Gasteiger partial charge in [-0.05, 0) is 29.8 Å². The summed E-state index contributed by atoms with van der Waals surface area (Å²) in [6, 6.07) is 14.1. The number of nitrogens with zero attached hydrogens (tertiary/aromatic N) is 2. The number of fused-ring (bicyclic) bond motifs is 2. The van der Waals surface area contributed by atoms with Crippen LogP contribution >= 0.6 is 23.4 Å². The van der Waals surface area contributed by atoms with E-state index in [4.69, 9.17) is 16.3 Å². The molecule has 1 aromatic heterocycles. The molecule has 0 bridgehead atoms. The number of hydrogen-bond acceptors (Lipinski definition) is 4.